The standard InChI is InChI=1S/C17H20N2O3S/c1-12(16-4-3-9-23-16)19(2)17(20)18-11-13-5-6-14-15(10-13)22-8-7-21-14/h3-6,9-10,12H,7-8,11H2,1-2H3,(H,18,20)/t12-/m1/s1. The van der Waals surface area contributed by atoms with Crippen LogP contribution in [-0.4, -0.2) is 31.2 Å². The molecule has 0 unspecified atom stereocenters. The second kappa shape index (κ2) is 6.91. The number of carbonyl (C=O) groups is 1. The van der Waals surface area contributed by atoms with Crippen LogP contribution in [0.5, 0.6) is 11.5 Å². The van der Waals surface area contributed by atoms with Crippen LogP contribution in [0.1, 0.15) is 23.4 Å². The SMILES string of the molecule is C[C@H](c1cccs1)N(C)C(=O)NCc1ccc2c(c1)OCCO2. The van der Waals surface area contributed by atoms with Crippen molar-refractivity contribution in [2.75, 3.05) is 20.3 Å². The highest BCUT2D eigenvalue weighted by Gasteiger charge is 2.18. The predicted molar refractivity (Wildman–Crippen MR) is 90.2 cm³/mol. The summed E-state index contributed by atoms with van der Waals surface area (Å²) in [5.41, 5.74) is 0.986. The molecule has 0 saturated carbocycles. The number of thiophene rings is 1. The van der Waals surface area contributed by atoms with E-state index in [2.05, 4.69) is 5.32 Å². The van der Waals surface area contributed by atoms with Gasteiger partial charge in [0.25, 0.3) is 0 Å². The first-order chi connectivity index (χ1) is 11.1. The van der Waals surface area contributed by atoms with Crippen LogP contribution in [0.15, 0.2) is 35.7 Å². The lowest BCUT2D eigenvalue weighted by molar-refractivity contribution is 0.171. The fourth-order valence-corrected chi connectivity index (χ4v) is 3.22. The number of nitrogens with one attached hydrogen (secondary N) is 1. The van der Waals surface area contributed by atoms with Gasteiger partial charge in [0.05, 0.1) is 6.04 Å². The molecular weight excluding hydrogens is 312 g/mol. The Morgan fingerprint density at radius 2 is 2.09 bits per heavy atom. The summed E-state index contributed by atoms with van der Waals surface area (Å²) >= 11 is 1.65. The summed E-state index contributed by atoms with van der Waals surface area (Å²) in [4.78, 5) is 15.2. The number of hydrogen-bond acceptors (Lipinski definition) is 4. The van der Waals surface area contributed by atoms with Gasteiger partial charge in [-0.1, -0.05) is 12.1 Å². The summed E-state index contributed by atoms with van der Waals surface area (Å²) in [5, 5.41) is 4.96. The van der Waals surface area contributed by atoms with Gasteiger partial charge in [-0.2, -0.15) is 0 Å². The molecule has 1 aliphatic rings. The Bertz CT molecular complexity index is 672. The largest absolute Gasteiger partial charge is 0.486 e. The van der Waals surface area contributed by atoms with E-state index < -0.39 is 0 Å². The number of nitrogens with zero attached hydrogens (tertiary/aromatic N) is 1. The van der Waals surface area contributed by atoms with E-state index >= 15 is 0 Å². The van der Waals surface area contributed by atoms with Crippen molar-refractivity contribution < 1.29 is 14.3 Å². The normalized spacial score (nSPS) is 14.2. The van der Waals surface area contributed by atoms with Crippen LogP contribution in [0.25, 0.3) is 0 Å². The lowest BCUT2D eigenvalue weighted by atomic mass is 10.2. The molecule has 1 aromatic heterocycles. The number of benzene rings is 1. The van der Waals surface area contributed by atoms with Crippen LogP contribution < -0.4 is 14.8 Å². The molecule has 1 N–H and O–H groups in total. The molecule has 0 bridgehead atoms. The molecule has 122 valence electrons. The first-order valence-electron chi connectivity index (χ1n) is 7.58. The van der Waals surface area contributed by atoms with Crippen LogP contribution in [0, 0.1) is 0 Å². The van der Waals surface area contributed by atoms with Gasteiger partial charge in [-0.15, -0.1) is 11.3 Å². The Balaban J connectivity index is 1.58. The van der Waals surface area contributed by atoms with Crippen molar-refractivity contribution in [1.29, 1.82) is 0 Å². The van der Waals surface area contributed by atoms with Gasteiger partial charge in [0, 0.05) is 18.5 Å². The summed E-state index contributed by atoms with van der Waals surface area (Å²) in [5.74, 6) is 1.50. The van der Waals surface area contributed by atoms with E-state index in [-0.39, 0.29) is 12.1 Å². The Morgan fingerprint density at radius 3 is 2.83 bits per heavy atom. The van der Waals surface area contributed by atoms with E-state index in [0.29, 0.717) is 19.8 Å². The zero-order valence-corrected chi connectivity index (χ0v) is 14.1. The van der Waals surface area contributed by atoms with Crippen molar-refractivity contribution >= 4 is 17.4 Å². The summed E-state index contributed by atoms with van der Waals surface area (Å²) in [6, 6.07) is 9.73. The molecule has 1 aliphatic heterocycles. The number of hydrogen-bond donors (Lipinski definition) is 1. The van der Waals surface area contributed by atoms with Crippen molar-refractivity contribution in [2.45, 2.75) is 19.5 Å². The first-order valence-corrected chi connectivity index (χ1v) is 8.45. The van der Waals surface area contributed by atoms with Crippen LogP contribution in [0.4, 0.5) is 4.79 Å². The molecule has 1 aromatic carbocycles. The second-order valence-electron chi connectivity index (χ2n) is 5.44. The third-order valence-electron chi connectivity index (χ3n) is 3.91. The maximum absolute atomic E-state index is 12.3. The number of carbonyl (C=O) groups excluding carboxylic acids is 1. The minimum atomic E-state index is -0.0965. The van der Waals surface area contributed by atoms with Crippen LogP contribution in [0.2, 0.25) is 0 Å². The topological polar surface area (TPSA) is 50.8 Å². The van der Waals surface area contributed by atoms with Crippen LogP contribution >= 0.6 is 11.3 Å². The average Bonchev–Trinajstić information content (AvgIpc) is 3.12. The molecule has 23 heavy (non-hydrogen) atoms. The van der Waals surface area contributed by atoms with Crippen LogP contribution in [0.3, 0.4) is 0 Å². The molecule has 0 fully saturated rings. The smallest absolute Gasteiger partial charge is 0.317 e. The Labute approximate surface area is 139 Å². The van der Waals surface area contributed by atoms with Gasteiger partial charge in [0.2, 0.25) is 0 Å². The molecule has 5 nitrogen and oxygen atoms in total. The molecule has 6 heteroatoms. The lowest BCUT2D eigenvalue weighted by Crippen LogP contribution is -2.38. The maximum atomic E-state index is 12.3. The van der Waals surface area contributed by atoms with Crippen molar-refractivity contribution in [1.82, 2.24) is 10.2 Å². The Morgan fingerprint density at radius 1 is 1.30 bits per heavy atom. The molecule has 0 saturated heterocycles. The van der Waals surface area contributed by atoms with Gasteiger partial charge in [0.15, 0.2) is 11.5 Å². The molecule has 0 spiro atoms. The van der Waals surface area contributed by atoms with Gasteiger partial charge >= 0.3 is 6.03 Å². The molecule has 1 atom stereocenters. The fourth-order valence-electron chi connectivity index (χ4n) is 2.40. The molecule has 0 radical (unpaired) electrons. The van der Waals surface area contributed by atoms with Gasteiger partial charge in [-0.3, -0.25) is 0 Å². The van der Waals surface area contributed by atoms with Gasteiger partial charge in [0.1, 0.15) is 13.2 Å². The summed E-state index contributed by atoms with van der Waals surface area (Å²) in [6.45, 7) is 3.62. The van der Waals surface area contributed by atoms with Crippen molar-refractivity contribution in [2.24, 2.45) is 0 Å². The average molecular weight is 332 g/mol. The Hall–Kier alpha value is -2.21. The van der Waals surface area contributed by atoms with E-state index in [0.717, 1.165) is 17.1 Å². The molecule has 0 aliphatic carbocycles. The monoisotopic (exact) mass is 332 g/mol. The zero-order valence-electron chi connectivity index (χ0n) is 13.2. The minimum Gasteiger partial charge on any atom is -0.486 e. The van der Waals surface area contributed by atoms with E-state index in [4.69, 9.17) is 9.47 Å². The predicted octanol–water partition coefficient (Wildman–Crippen LogP) is 3.42. The van der Waals surface area contributed by atoms with Crippen molar-refractivity contribution in [3.05, 3.63) is 46.2 Å². The van der Waals surface area contributed by atoms with E-state index in [1.54, 1.807) is 16.2 Å². The summed E-state index contributed by atoms with van der Waals surface area (Å²) in [7, 11) is 1.81. The van der Waals surface area contributed by atoms with E-state index in [1.165, 1.54) is 4.88 Å². The molecule has 2 aromatic rings. The first kappa shape index (κ1) is 15.7. The van der Waals surface area contributed by atoms with E-state index in [9.17, 15) is 4.79 Å². The third-order valence-corrected chi connectivity index (χ3v) is 4.95. The number of rotatable bonds is 4. The molecule has 3 rings (SSSR count). The number of amides is 2. The summed E-state index contributed by atoms with van der Waals surface area (Å²) in [6.07, 6.45) is 0. The molecule has 2 heterocycles. The van der Waals surface area contributed by atoms with Crippen molar-refractivity contribution in [3.8, 4) is 11.5 Å². The maximum Gasteiger partial charge on any atom is 0.317 e. The van der Waals surface area contributed by atoms with E-state index in [1.807, 2.05) is 49.7 Å². The summed E-state index contributed by atoms with van der Waals surface area (Å²) < 4.78 is 11.1. The molecular formula is C17H20N2O3S. The van der Waals surface area contributed by atoms with Gasteiger partial charge in [-0.05, 0) is 36.1 Å². The minimum absolute atomic E-state index is 0.0512. The quantitative estimate of drug-likeness (QED) is 0.933. The highest BCUT2D eigenvalue weighted by atomic mass is 32.1. The highest BCUT2D eigenvalue weighted by Crippen LogP contribution is 2.30. The lowest BCUT2D eigenvalue weighted by Gasteiger charge is -2.24. The second-order valence-corrected chi connectivity index (χ2v) is 6.42. The molecule has 2 amide bonds. The number of ether oxygens (including phenoxy) is 2. The highest BCUT2D eigenvalue weighted by molar-refractivity contribution is 7.10. The Kier molecular flexibility index (Phi) is 4.71. The number of urea groups is 1. The van der Waals surface area contributed by atoms with Gasteiger partial charge < -0.3 is 19.7 Å². The third kappa shape index (κ3) is 3.59. The zero-order chi connectivity index (χ0) is 16.2. The fraction of sp³-hybridized carbons (Fsp3) is 0.353. The van der Waals surface area contributed by atoms with Gasteiger partial charge in [-0.25, -0.2) is 4.79 Å². The van der Waals surface area contributed by atoms with Crippen molar-refractivity contribution in [3.63, 3.8) is 0 Å². The number of fused-ring (bicyclic) bond motifs is 1. The van der Waals surface area contributed by atoms with Crippen LogP contribution in [-0.2, 0) is 6.54 Å².